The number of anilines is 1. The highest BCUT2D eigenvalue weighted by Crippen LogP contribution is 2.29. The molecule has 1 aliphatic heterocycles. The average molecular weight is 214 g/mol. The number of para-hydroxylation sites is 1. The Hall–Kier alpha value is -1.44. The lowest BCUT2D eigenvalue weighted by Gasteiger charge is -2.31. The van der Waals surface area contributed by atoms with Gasteiger partial charge in [0.1, 0.15) is 0 Å². The van der Waals surface area contributed by atoms with Gasteiger partial charge in [-0.2, -0.15) is 0 Å². The predicted octanol–water partition coefficient (Wildman–Crippen LogP) is 3.40. The van der Waals surface area contributed by atoms with E-state index in [1.807, 2.05) is 0 Å². The number of piperidine rings is 1. The van der Waals surface area contributed by atoms with Crippen LogP contribution in [0.3, 0.4) is 0 Å². The molecule has 16 heavy (non-hydrogen) atoms. The number of aromatic amines is 1. The highest BCUT2D eigenvalue weighted by atomic mass is 15.1. The van der Waals surface area contributed by atoms with E-state index in [4.69, 9.17) is 0 Å². The first-order chi connectivity index (χ1) is 7.84. The fourth-order valence-electron chi connectivity index (χ4n) is 2.57. The zero-order valence-electron chi connectivity index (χ0n) is 9.74. The summed E-state index contributed by atoms with van der Waals surface area (Å²) < 4.78 is 0. The summed E-state index contributed by atoms with van der Waals surface area (Å²) in [6.45, 7) is 4.75. The van der Waals surface area contributed by atoms with E-state index < -0.39 is 0 Å². The van der Waals surface area contributed by atoms with Crippen molar-refractivity contribution in [3.05, 3.63) is 30.5 Å². The summed E-state index contributed by atoms with van der Waals surface area (Å²) >= 11 is 0. The second-order valence-corrected chi connectivity index (χ2v) is 4.89. The minimum Gasteiger partial charge on any atom is -0.370 e. The summed E-state index contributed by atoms with van der Waals surface area (Å²) in [5.74, 6) is 0.890. The van der Waals surface area contributed by atoms with Crippen molar-refractivity contribution in [2.24, 2.45) is 5.92 Å². The van der Waals surface area contributed by atoms with Gasteiger partial charge in [0, 0.05) is 30.2 Å². The van der Waals surface area contributed by atoms with Crippen LogP contribution in [0.1, 0.15) is 19.8 Å². The van der Waals surface area contributed by atoms with E-state index in [1.54, 1.807) is 0 Å². The van der Waals surface area contributed by atoms with E-state index in [0.717, 1.165) is 5.92 Å². The third kappa shape index (κ3) is 1.58. The Morgan fingerprint density at radius 1 is 1.19 bits per heavy atom. The van der Waals surface area contributed by atoms with Crippen LogP contribution in [-0.4, -0.2) is 18.1 Å². The van der Waals surface area contributed by atoms with Crippen LogP contribution >= 0.6 is 0 Å². The molecule has 2 heteroatoms. The minimum atomic E-state index is 0.890. The van der Waals surface area contributed by atoms with E-state index in [2.05, 4.69) is 47.3 Å². The molecule has 0 amide bonds. The van der Waals surface area contributed by atoms with Crippen molar-refractivity contribution in [1.82, 2.24) is 4.98 Å². The number of H-pyrrole nitrogens is 1. The van der Waals surface area contributed by atoms with Crippen molar-refractivity contribution in [3.8, 4) is 0 Å². The zero-order chi connectivity index (χ0) is 11.0. The molecule has 0 aliphatic carbocycles. The topological polar surface area (TPSA) is 19.0 Å². The lowest BCUT2D eigenvalue weighted by Crippen LogP contribution is -2.32. The number of nitrogens with one attached hydrogen (secondary N) is 1. The lowest BCUT2D eigenvalue weighted by molar-refractivity contribution is 0.439. The zero-order valence-corrected chi connectivity index (χ0v) is 9.74. The SMILES string of the molecule is CC1CCN(c2c[nH]c3ccccc23)CC1. The molecule has 0 saturated carbocycles. The number of rotatable bonds is 1. The van der Waals surface area contributed by atoms with Gasteiger partial charge in [0.05, 0.1) is 5.69 Å². The fourth-order valence-corrected chi connectivity index (χ4v) is 2.57. The van der Waals surface area contributed by atoms with Gasteiger partial charge in [-0.25, -0.2) is 0 Å². The van der Waals surface area contributed by atoms with Crippen molar-refractivity contribution in [3.63, 3.8) is 0 Å². The molecular weight excluding hydrogens is 196 g/mol. The van der Waals surface area contributed by atoms with Gasteiger partial charge in [-0.15, -0.1) is 0 Å². The molecule has 0 spiro atoms. The van der Waals surface area contributed by atoms with Gasteiger partial charge in [-0.3, -0.25) is 0 Å². The van der Waals surface area contributed by atoms with E-state index in [-0.39, 0.29) is 0 Å². The van der Waals surface area contributed by atoms with Gasteiger partial charge in [-0.1, -0.05) is 25.1 Å². The van der Waals surface area contributed by atoms with E-state index in [1.165, 1.54) is 42.5 Å². The molecule has 1 aliphatic rings. The molecule has 2 nitrogen and oxygen atoms in total. The van der Waals surface area contributed by atoms with Crippen molar-refractivity contribution in [2.75, 3.05) is 18.0 Å². The molecule has 1 aromatic heterocycles. The molecule has 1 saturated heterocycles. The lowest BCUT2D eigenvalue weighted by atomic mass is 9.99. The molecule has 0 bridgehead atoms. The Kier molecular flexibility index (Phi) is 2.35. The first-order valence-electron chi connectivity index (χ1n) is 6.15. The molecular formula is C14H18N2. The van der Waals surface area contributed by atoms with Gasteiger partial charge in [-0.05, 0) is 24.8 Å². The molecule has 0 radical (unpaired) electrons. The van der Waals surface area contributed by atoms with Crippen LogP contribution in [0.4, 0.5) is 5.69 Å². The van der Waals surface area contributed by atoms with Crippen LogP contribution in [0.15, 0.2) is 30.5 Å². The second-order valence-electron chi connectivity index (χ2n) is 4.89. The summed E-state index contributed by atoms with van der Waals surface area (Å²) in [6.07, 6.45) is 4.79. The Bertz CT molecular complexity index is 478. The summed E-state index contributed by atoms with van der Waals surface area (Å²) in [6, 6.07) is 8.55. The van der Waals surface area contributed by atoms with Crippen LogP contribution in [-0.2, 0) is 0 Å². The standard InChI is InChI=1S/C14H18N2/c1-11-6-8-16(9-7-11)14-10-15-13-5-3-2-4-12(13)14/h2-5,10-11,15H,6-9H2,1H3. The maximum absolute atomic E-state index is 3.36. The van der Waals surface area contributed by atoms with Crippen LogP contribution in [0.2, 0.25) is 0 Å². The molecule has 84 valence electrons. The maximum Gasteiger partial charge on any atom is 0.0623 e. The third-order valence-corrected chi connectivity index (χ3v) is 3.69. The number of benzene rings is 1. The second kappa shape index (κ2) is 3.85. The van der Waals surface area contributed by atoms with Gasteiger partial charge >= 0.3 is 0 Å². The monoisotopic (exact) mass is 214 g/mol. The highest BCUT2D eigenvalue weighted by molar-refractivity contribution is 5.92. The van der Waals surface area contributed by atoms with Gasteiger partial charge in [0.25, 0.3) is 0 Å². The van der Waals surface area contributed by atoms with Crippen LogP contribution in [0.5, 0.6) is 0 Å². The van der Waals surface area contributed by atoms with E-state index >= 15 is 0 Å². The molecule has 1 N–H and O–H groups in total. The van der Waals surface area contributed by atoms with Crippen LogP contribution in [0.25, 0.3) is 10.9 Å². The summed E-state index contributed by atoms with van der Waals surface area (Å²) in [7, 11) is 0. The van der Waals surface area contributed by atoms with Crippen LogP contribution < -0.4 is 4.90 Å². The third-order valence-electron chi connectivity index (χ3n) is 3.69. The molecule has 1 aromatic carbocycles. The minimum absolute atomic E-state index is 0.890. The largest absolute Gasteiger partial charge is 0.370 e. The van der Waals surface area contributed by atoms with Crippen molar-refractivity contribution in [2.45, 2.75) is 19.8 Å². The fraction of sp³-hybridized carbons (Fsp3) is 0.429. The summed E-state index contributed by atoms with van der Waals surface area (Å²) in [4.78, 5) is 5.87. The number of fused-ring (bicyclic) bond motifs is 1. The molecule has 3 rings (SSSR count). The Labute approximate surface area is 96.3 Å². The molecule has 0 unspecified atom stereocenters. The van der Waals surface area contributed by atoms with Gasteiger partial charge in [0.15, 0.2) is 0 Å². The normalized spacial score (nSPS) is 18.2. The Balaban J connectivity index is 1.94. The first kappa shape index (κ1) is 9.76. The quantitative estimate of drug-likeness (QED) is 0.770. The molecule has 2 heterocycles. The smallest absolute Gasteiger partial charge is 0.0623 e. The molecule has 2 aromatic rings. The highest BCUT2D eigenvalue weighted by Gasteiger charge is 2.18. The van der Waals surface area contributed by atoms with Gasteiger partial charge in [0.2, 0.25) is 0 Å². The average Bonchev–Trinajstić information content (AvgIpc) is 2.74. The number of aromatic nitrogens is 1. The number of hydrogen-bond donors (Lipinski definition) is 1. The van der Waals surface area contributed by atoms with Crippen molar-refractivity contribution in [1.29, 1.82) is 0 Å². The number of nitrogens with zero attached hydrogens (tertiary/aromatic N) is 1. The van der Waals surface area contributed by atoms with Crippen LogP contribution in [0, 0.1) is 5.92 Å². The number of hydrogen-bond acceptors (Lipinski definition) is 1. The van der Waals surface area contributed by atoms with E-state index in [0.29, 0.717) is 0 Å². The predicted molar refractivity (Wildman–Crippen MR) is 68.9 cm³/mol. The maximum atomic E-state index is 3.36. The first-order valence-corrected chi connectivity index (χ1v) is 6.15. The Morgan fingerprint density at radius 2 is 1.94 bits per heavy atom. The molecule has 1 fully saturated rings. The van der Waals surface area contributed by atoms with E-state index in [9.17, 15) is 0 Å². The summed E-state index contributed by atoms with van der Waals surface area (Å²) in [5.41, 5.74) is 2.62. The molecule has 0 atom stereocenters. The summed E-state index contributed by atoms with van der Waals surface area (Å²) in [5, 5.41) is 1.36. The Morgan fingerprint density at radius 3 is 2.75 bits per heavy atom. The van der Waals surface area contributed by atoms with Crippen molar-refractivity contribution >= 4 is 16.6 Å². The van der Waals surface area contributed by atoms with Crippen molar-refractivity contribution < 1.29 is 0 Å². The van der Waals surface area contributed by atoms with Gasteiger partial charge < -0.3 is 9.88 Å².